The van der Waals surface area contributed by atoms with Gasteiger partial charge in [-0.15, -0.1) is 0 Å². The fourth-order valence-electron chi connectivity index (χ4n) is 1.42. The summed E-state index contributed by atoms with van der Waals surface area (Å²) in [6.45, 7) is 0.0427. The molecule has 0 spiro atoms. The number of nitrogens with zero attached hydrogens (tertiary/aromatic N) is 1. The molecule has 0 aliphatic rings. The lowest BCUT2D eigenvalue weighted by Crippen LogP contribution is -1.81. The van der Waals surface area contributed by atoms with E-state index in [1.807, 2.05) is 24.3 Å². The number of aromatic nitrogens is 1. The highest BCUT2D eigenvalue weighted by Crippen LogP contribution is 2.22. The number of benzene rings is 1. The number of hydrogen-bond donors (Lipinski definition) is 1. The first kappa shape index (κ1) is 10.1. The van der Waals surface area contributed by atoms with Crippen molar-refractivity contribution in [2.45, 2.75) is 0 Å². The van der Waals surface area contributed by atoms with Gasteiger partial charge in [0.2, 0.25) is 0 Å². The molecule has 1 N–H and O–H groups in total. The van der Waals surface area contributed by atoms with Crippen LogP contribution < -0.4 is 0 Å². The molecule has 0 saturated heterocycles. The third-order valence-electron chi connectivity index (χ3n) is 2.13. The first-order valence-electron chi connectivity index (χ1n) is 4.63. The summed E-state index contributed by atoms with van der Waals surface area (Å²) in [5.74, 6) is 0. The molecule has 15 heavy (non-hydrogen) atoms. The van der Waals surface area contributed by atoms with Crippen LogP contribution in [-0.4, -0.2) is 16.7 Å². The highest BCUT2D eigenvalue weighted by molar-refractivity contribution is 6.35. The molecule has 0 amide bonds. The van der Waals surface area contributed by atoms with Gasteiger partial charge in [-0.05, 0) is 17.7 Å². The normalized spacial score (nSPS) is 11.3. The van der Waals surface area contributed by atoms with Crippen molar-refractivity contribution in [3.05, 3.63) is 47.1 Å². The van der Waals surface area contributed by atoms with E-state index in [9.17, 15) is 0 Å². The molecule has 0 aliphatic heterocycles. The summed E-state index contributed by atoms with van der Waals surface area (Å²) < 4.78 is 0. The predicted octanol–water partition coefficient (Wildman–Crippen LogP) is 2.89. The lowest BCUT2D eigenvalue weighted by molar-refractivity contribution is 0.343. The van der Waals surface area contributed by atoms with Crippen LogP contribution in [0.3, 0.4) is 0 Å². The molecule has 0 unspecified atom stereocenters. The Labute approximate surface area is 92.8 Å². The van der Waals surface area contributed by atoms with Crippen LogP contribution in [0.1, 0.15) is 5.56 Å². The molecular formula is C12H10ClNO. The topological polar surface area (TPSA) is 33.1 Å². The van der Waals surface area contributed by atoms with Crippen molar-refractivity contribution in [2.75, 3.05) is 6.61 Å². The molecule has 76 valence electrons. The van der Waals surface area contributed by atoms with Gasteiger partial charge in [0.1, 0.15) is 0 Å². The van der Waals surface area contributed by atoms with E-state index in [-0.39, 0.29) is 6.61 Å². The van der Waals surface area contributed by atoms with Gasteiger partial charge in [-0.25, -0.2) is 0 Å². The van der Waals surface area contributed by atoms with E-state index in [2.05, 4.69) is 4.98 Å². The third-order valence-corrected chi connectivity index (χ3v) is 2.46. The minimum atomic E-state index is 0.0427. The van der Waals surface area contributed by atoms with Crippen molar-refractivity contribution in [1.29, 1.82) is 0 Å². The maximum absolute atomic E-state index is 8.66. The number of halogens is 1. The van der Waals surface area contributed by atoms with Gasteiger partial charge in [0.05, 0.1) is 17.1 Å². The number of aliphatic hydroxyl groups excluding tert-OH is 1. The van der Waals surface area contributed by atoms with Gasteiger partial charge in [-0.2, -0.15) is 0 Å². The van der Waals surface area contributed by atoms with Crippen molar-refractivity contribution in [1.82, 2.24) is 4.98 Å². The van der Waals surface area contributed by atoms with E-state index in [0.29, 0.717) is 5.02 Å². The van der Waals surface area contributed by atoms with Crippen LogP contribution in [0.5, 0.6) is 0 Å². The Morgan fingerprint density at radius 3 is 3.00 bits per heavy atom. The van der Waals surface area contributed by atoms with E-state index < -0.39 is 0 Å². The predicted molar refractivity (Wildman–Crippen MR) is 62.9 cm³/mol. The number of pyridine rings is 1. The molecule has 1 aromatic carbocycles. The van der Waals surface area contributed by atoms with E-state index in [1.54, 1.807) is 18.3 Å². The molecule has 2 aromatic rings. The SMILES string of the molecule is OCC=Cc1ccc2c(Cl)ccnc2c1. The molecule has 2 rings (SSSR count). The van der Waals surface area contributed by atoms with Gasteiger partial charge < -0.3 is 5.11 Å². The molecule has 0 saturated carbocycles. The monoisotopic (exact) mass is 219 g/mol. The fraction of sp³-hybridized carbons (Fsp3) is 0.0833. The Hall–Kier alpha value is -1.38. The number of aliphatic hydroxyl groups is 1. The Bertz CT molecular complexity index is 508. The highest BCUT2D eigenvalue weighted by atomic mass is 35.5. The van der Waals surface area contributed by atoms with Crippen molar-refractivity contribution < 1.29 is 5.11 Å². The second-order valence-corrected chi connectivity index (χ2v) is 3.56. The van der Waals surface area contributed by atoms with E-state index in [1.165, 1.54) is 0 Å². The lowest BCUT2D eigenvalue weighted by Gasteiger charge is -2.00. The second-order valence-electron chi connectivity index (χ2n) is 3.15. The summed E-state index contributed by atoms with van der Waals surface area (Å²) in [6.07, 6.45) is 5.22. The van der Waals surface area contributed by atoms with Crippen molar-refractivity contribution in [3.63, 3.8) is 0 Å². The summed E-state index contributed by atoms with van der Waals surface area (Å²) in [6, 6.07) is 7.59. The average molecular weight is 220 g/mol. The average Bonchev–Trinajstić information content (AvgIpc) is 2.26. The Kier molecular flexibility index (Phi) is 2.99. The molecule has 3 heteroatoms. The van der Waals surface area contributed by atoms with Gasteiger partial charge in [-0.3, -0.25) is 4.98 Å². The number of hydrogen-bond acceptors (Lipinski definition) is 2. The van der Waals surface area contributed by atoms with Gasteiger partial charge in [0.25, 0.3) is 0 Å². The summed E-state index contributed by atoms with van der Waals surface area (Å²) in [7, 11) is 0. The molecule has 1 heterocycles. The maximum Gasteiger partial charge on any atom is 0.0722 e. The quantitative estimate of drug-likeness (QED) is 0.843. The van der Waals surface area contributed by atoms with E-state index >= 15 is 0 Å². The second kappa shape index (κ2) is 4.43. The van der Waals surface area contributed by atoms with Crippen molar-refractivity contribution >= 4 is 28.6 Å². The van der Waals surface area contributed by atoms with Crippen LogP contribution >= 0.6 is 11.6 Å². The van der Waals surface area contributed by atoms with Gasteiger partial charge in [0, 0.05) is 11.6 Å². The van der Waals surface area contributed by atoms with Gasteiger partial charge >= 0.3 is 0 Å². The molecule has 0 bridgehead atoms. The third kappa shape index (κ3) is 2.17. The summed E-state index contributed by atoms with van der Waals surface area (Å²) in [5, 5.41) is 10.3. The fourth-order valence-corrected chi connectivity index (χ4v) is 1.64. The van der Waals surface area contributed by atoms with Crippen LogP contribution in [0, 0.1) is 0 Å². The molecule has 0 fully saturated rings. The highest BCUT2D eigenvalue weighted by Gasteiger charge is 1.99. The van der Waals surface area contributed by atoms with Crippen LogP contribution in [0.25, 0.3) is 17.0 Å². The zero-order valence-electron chi connectivity index (χ0n) is 8.02. The first-order chi connectivity index (χ1) is 7.31. The summed E-state index contributed by atoms with van der Waals surface area (Å²) in [5.41, 5.74) is 1.87. The zero-order valence-corrected chi connectivity index (χ0v) is 8.78. The molecular weight excluding hydrogens is 210 g/mol. The van der Waals surface area contributed by atoms with Crippen molar-refractivity contribution in [2.24, 2.45) is 0 Å². The van der Waals surface area contributed by atoms with Crippen LogP contribution in [0.2, 0.25) is 5.02 Å². The van der Waals surface area contributed by atoms with Crippen LogP contribution in [0.15, 0.2) is 36.5 Å². The number of rotatable bonds is 2. The Balaban J connectivity index is 2.52. The van der Waals surface area contributed by atoms with Gasteiger partial charge in [0.15, 0.2) is 0 Å². The molecule has 0 aliphatic carbocycles. The lowest BCUT2D eigenvalue weighted by atomic mass is 10.1. The molecule has 0 atom stereocenters. The minimum absolute atomic E-state index is 0.0427. The molecule has 0 radical (unpaired) electrons. The standard InChI is InChI=1S/C12H10ClNO/c13-11-5-6-14-12-8-9(2-1-7-15)3-4-10(11)12/h1-6,8,15H,7H2. The molecule has 2 nitrogen and oxygen atoms in total. The number of fused-ring (bicyclic) bond motifs is 1. The minimum Gasteiger partial charge on any atom is -0.392 e. The Morgan fingerprint density at radius 1 is 1.33 bits per heavy atom. The summed E-state index contributed by atoms with van der Waals surface area (Å²) in [4.78, 5) is 4.23. The Morgan fingerprint density at radius 2 is 2.20 bits per heavy atom. The smallest absolute Gasteiger partial charge is 0.0722 e. The summed E-state index contributed by atoms with van der Waals surface area (Å²) >= 11 is 6.02. The van der Waals surface area contributed by atoms with Crippen LogP contribution in [-0.2, 0) is 0 Å². The largest absolute Gasteiger partial charge is 0.392 e. The van der Waals surface area contributed by atoms with E-state index in [4.69, 9.17) is 16.7 Å². The van der Waals surface area contributed by atoms with E-state index in [0.717, 1.165) is 16.5 Å². The maximum atomic E-state index is 8.66. The zero-order chi connectivity index (χ0) is 10.7. The van der Waals surface area contributed by atoms with Gasteiger partial charge in [-0.1, -0.05) is 35.9 Å². The van der Waals surface area contributed by atoms with Crippen molar-refractivity contribution in [3.8, 4) is 0 Å². The first-order valence-corrected chi connectivity index (χ1v) is 5.01. The van der Waals surface area contributed by atoms with Crippen LogP contribution in [0.4, 0.5) is 0 Å². The molecule has 1 aromatic heterocycles.